The van der Waals surface area contributed by atoms with Crippen molar-refractivity contribution >= 4 is 13.7 Å². The summed E-state index contributed by atoms with van der Waals surface area (Å²) in [6.07, 6.45) is 69.3. The van der Waals surface area contributed by atoms with Gasteiger partial charge in [0.05, 0.1) is 39.9 Å². The number of unbranched alkanes of at least 4 members (excludes halogenated alkanes) is 47. The zero-order valence-electron chi connectivity index (χ0n) is 49.2. The van der Waals surface area contributed by atoms with E-state index < -0.39 is 20.0 Å². The van der Waals surface area contributed by atoms with Gasteiger partial charge < -0.3 is 19.8 Å². The van der Waals surface area contributed by atoms with Crippen LogP contribution >= 0.6 is 7.82 Å². The van der Waals surface area contributed by atoms with Crippen molar-refractivity contribution in [2.75, 3.05) is 40.9 Å². The van der Waals surface area contributed by atoms with Crippen LogP contribution < -0.4 is 5.32 Å². The van der Waals surface area contributed by atoms with Gasteiger partial charge in [-0.1, -0.05) is 321 Å². The van der Waals surface area contributed by atoms with Crippen LogP contribution in [-0.4, -0.2) is 73.4 Å². The molecule has 0 aromatic rings. The maximum absolute atomic E-state index is 13.0. The van der Waals surface area contributed by atoms with Crippen molar-refractivity contribution in [3.8, 4) is 0 Å². The fourth-order valence-corrected chi connectivity index (χ4v) is 10.7. The SMILES string of the molecule is CCCCCCCCCCCCC/C=C/C(O)C(COP(=O)(O)OCC[N+](C)(C)C)NC(=O)CCCCCCCCCCCCCCCCCCCCCCCCCCCCCCCCCCCCCCC. The van der Waals surface area contributed by atoms with E-state index in [1.807, 2.05) is 27.2 Å². The predicted molar refractivity (Wildman–Crippen MR) is 314 cm³/mol. The van der Waals surface area contributed by atoms with Gasteiger partial charge in [0.15, 0.2) is 0 Å². The average molecular weight is 1040 g/mol. The molecule has 430 valence electrons. The summed E-state index contributed by atoms with van der Waals surface area (Å²) in [6.45, 7) is 4.86. The minimum atomic E-state index is -4.34. The van der Waals surface area contributed by atoms with Crippen molar-refractivity contribution in [2.24, 2.45) is 0 Å². The molecule has 0 spiro atoms. The van der Waals surface area contributed by atoms with Gasteiger partial charge in [0.25, 0.3) is 0 Å². The fraction of sp³-hybridized carbons (Fsp3) is 0.952. The molecule has 1 amide bonds. The van der Waals surface area contributed by atoms with Crippen molar-refractivity contribution in [2.45, 2.75) is 347 Å². The van der Waals surface area contributed by atoms with E-state index >= 15 is 0 Å². The summed E-state index contributed by atoms with van der Waals surface area (Å²) in [4.78, 5) is 23.3. The second-order valence-electron chi connectivity index (χ2n) is 23.5. The fourth-order valence-electron chi connectivity index (χ4n) is 9.99. The second-order valence-corrected chi connectivity index (χ2v) is 25.0. The van der Waals surface area contributed by atoms with E-state index in [-0.39, 0.29) is 19.1 Å². The molecule has 0 aromatic heterocycles. The van der Waals surface area contributed by atoms with Crippen LogP contribution in [-0.2, 0) is 18.4 Å². The molecular formula is C63H128N2O6P+. The Morgan fingerprint density at radius 3 is 1.03 bits per heavy atom. The van der Waals surface area contributed by atoms with Gasteiger partial charge in [0.2, 0.25) is 5.91 Å². The van der Waals surface area contributed by atoms with Gasteiger partial charge in [-0.2, -0.15) is 0 Å². The van der Waals surface area contributed by atoms with E-state index in [4.69, 9.17) is 9.05 Å². The van der Waals surface area contributed by atoms with Crippen LogP contribution in [0.5, 0.6) is 0 Å². The number of nitrogens with zero attached hydrogens (tertiary/aromatic N) is 1. The van der Waals surface area contributed by atoms with Gasteiger partial charge in [0.1, 0.15) is 13.2 Å². The predicted octanol–water partition coefficient (Wildman–Crippen LogP) is 19.8. The molecule has 72 heavy (non-hydrogen) atoms. The van der Waals surface area contributed by atoms with Gasteiger partial charge in [-0.05, 0) is 19.3 Å². The smallest absolute Gasteiger partial charge is 0.387 e. The number of phosphoric ester groups is 1. The summed E-state index contributed by atoms with van der Waals surface area (Å²) in [5.41, 5.74) is 0. The van der Waals surface area contributed by atoms with Crippen LogP contribution in [0.1, 0.15) is 335 Å². The number of amides is 1. The van der Waals surface area contributed by atoms with E-state index in [9.17, 15) is 19.4 Å². The molecule has 0 aromatic carbocycles. The first-order valence-corrected chi connectivity index (χ1v) is 33.6. The van der Waals surface area contributed by atoms with Crippen LogP contribution in [0.25, 0.3) is 0 Å². The molecular weight excluding hydrogens is 912 g/mol. The number of aliphatic hydroxyl groups excluding tert-OH is 1. The Morgan fingerprint density at radius 2 is 0.736 bits per heavy atom. The first-order valence-electron chi connectivity index (χ1n) is 32.1. The Balaban J connectivity index is 3.86. The number of aliphatic hydroxyl groups is 1. The number of hydrogen-bond acceptors (Lipinski definition) is 5. The van der Waals surface area contributed by atoms with E-state index in [2.05, 4.69) is 19.2 Å². The number of hydrogen-bond donors (Lipinski definition) is 3. The van der Waals surface area contributed by atoms with Gasteiger partial charge in [-0.25, -0.2) is 4.57 Å². The molecule has 0 saturated heterocycles. The highest BCUT2D eigenvalue weighted by molar-refractivity contribution is 7.47. The van der Waals surface area contributed by atoms with Crippen molar-refractivity contribution in [3.05, 3.63) is 12.2 Å². The first-order chi connectivity index (χ1) is 35.0. The summed E-state index contributed by atoms with van der Waals surface area (Å²) in [5.74, 6) is -0.170. The normalized spacial score (nSPS) is 13.8. The molecule has 0 fully saturated rings. The molecule has 0 bridgehead atoms. The minimum Gasteiger partial charge on any atom is -0.387 e. The lowest BCUT2D eigenvalue weighted by Crippen LogP contribution is -2.45. The number of phosphoric acid groups is 1. The third kappa shape index (κ3) is 57.0. The van der Waals surface area contributed by atoms with Crippen LogP contribution in [0, 0.1) is 0 Å². The number of allylic oxidation sites excluding steroid dienone is 1. The van der Waals surface area contributed by atoms with Crippen molar-refractivity contribution in [3.63, 3.8) is 0 Å². The molecule has 0 aliphatic carbocycles. The highest BCUT2D eigenvalue weighted by atomic mass is 31.2. The first kappa shape index (κ1) is 71.2. The van der Waals surface area contributed by atoms with Crippen LogP contribution in [0.4, 0.5) is 0 Å². The maximum Gasteiger partial charge on any atom is 0.472 e. The van der Waals surface area contributed by atoms with Crippen molar-refractivity contribution in [1.29, 1.82) is 0 Å². The van der Waals surface area contributed by atoms with Gasteiger partial charge in [-0.15, -0.1) is 0 Å². The monoisotopic (exact) mass is 1040 g/mol. The topological polar surface area (TPSA) is 105 Å². The lowest BCUT2D eigenvalue weighted by atomic mass is 10.0. The zero-order valence-corrected chi connectivity index (χ0v) is 50.1. The molecule has 0 aliphatic heterocycles. The van der Waals surface area contributed by atoms with Gasteiger partial charge >= 0.3 is 7.82 Å². The minimum absolute atomic E-state index is 0.0650. The number of carbonyl (C=O) groups excluding carboxylic acids is 1. The molecule has 9 heteroatoms. The van der Waals surface area contributed by atoms with Crippen LogP contribution in [0.2, 0.25) is 0 Å². The van der Waals surface area contributed by atoms with Crippen LogP contribution in [0.15, 0.2) is 12.2 Å². The Kier molecular flexibility index (Phi) is 54.4. The summed E-state index contributed by atoms with van der Waals surface area (Å²) in [6, 6.07) is -0.841. The lowest BCUT2D eigenvalue weighted by molar-refractivity contribution is -0.870. The highest BCUT2D eigenvalue weighted by Gasteiger charge is 2.28. The second kappa shape index (κ2) is 55.0. The largest absolute Gasteiger partial charge is 0.472 e. The molecule has 3 atom stereocenters. The average Bonchev–Trinajstić information content (AvgIpc) is 3.34. The summed E-state index contributed by atoms with van der Waals surface area (Å²) in [7, 11) is 1.59. The summed E-state index contributed by atoms with van der Waals surface area (Å²) < 4.78 is 23.7. The Labute approximate surface area is 450 Å². The van der Waals surface area contributed by atoms with E-state index in [0.717, 1.165) is 38.5 Å². The third-order valence-electron chi connectivity index (χ3n) is 15.0. The molecule has 3 N–H and O–H groups in total. The lowest BCUT2D eigenvalue weighted by Gasteiger charge is -2.25. The molecule has 8 nitrogen and oxygen atoms in total. The number of likely N-dealkylation sites (N-methyl/N-ethyl adjacent to an activating group) is 1. The number of rotatable bonds is 60. The zero-order chi connectivity index (χ0) is 52.7. The Morgan fingerprint density at radius 1 is 0.458 bits per heavy atom. The Hall–Kier alpha value is -0.760. The molecule has 0 aliphatic rings. The highest BCUT2D eigenvalue weighted by Crippen LogP contribution is 2.43. The Bertz CT molecular complexity index is 1180. The molecule has 0 rings (SSSR count). The van der Waals surface area contributed by atoms with E-state index in [0.29, 0.717) is 17.4 Å². The quantitative estimate of drug-likeness (QED) is 0.0243. The number of nitrogens with one attached hydrogen (secondary N) is 1. The third-order valence-corrected chi connectivity index (χ3v) is 16.0. The van der Waals surface area contributed by atoms with E-state index in [1.54, 1.807) is 6.08 Å². The number of carbonyl (C=O) groups is 1. The van der Waals surface area contributed by atoms with Crippen LogP contribution in [0.3, 0.4) is 0 Å². The maximum atomic E-state index is 13.0. The van der Waals surface area contributed by atoms with Crippen molar-refractivity contribution < 1.29 is 32.9 Å². The summed E-state index contributed by atoms with van der Waals surface area (Å²) in [5, 5.41) is 13.9. The number of quaternary nitrogens is 1. The molecule has 0 radical (unpaired) electrons. The standard InChI is InChI=1S/C63H127N2O6P/c1-6-8-10-12-14-16-18-20-21-22-23-24-25-26-27-28-29-30-31-32-33-34-35-36-37-38-39-40-41-42-43-45-47-49-51-53-55-57-63(67)64-61(60-71-72(68,69)70-59-58-65(3,4)5)62(66)56-54-52-50-48-46-44-19-17-15-13-11-9-7-2/h54,56,61-62,66H,6-53,55,57-60H2,1-5H3,(H-,64,67,68,69)/p+1/b56-54+. The summed E-state index contributed by atoms with van der Waals surface area (Å²) >= 11 is 0. The molecule has 0 saturated carbocycles. The molecule has 0 heterocycles. The van der Waals surface area contributed by atoms with Gasteiger partial charge in [-0.3, -0.25) is 13.8 Å². The molecule has 3 unspecified atom stereocenters. The van der Waals surface area contributed by atoms with E-state index in [1.165, 1.54) is 276 Å². The van der Waals surface area contributed by atoms with Crippen molar-refractivity contribution in [1.82, 2.24) is 5.32 Å². The van der Waals surface area contributed by atoms with Gasteiger partial charge in [0, 0.05) is 6.42 Å².